The van der Waals surface area contributed by atoms with Gasteiger partial charge in [-0.15, -0.1) is 0 Å². The topological polar surface area (TPSA) is 100 Å². The Labute approximate surface area is 208 Å². The molecule has 3 heterocycles. The van der Waals surface area contributed by atoms with E-state index in [0.29, 0.717) is 50.1 Å². The van der Waals surface area contributed by atoms with Gasteiger partial charge in [-0.05, 0) is 43.5 Å². The van der Waals surface area contributed by atoms with E-state index >= 15 is 0 Å². The van der Waals surface area contributed by atoms with Crippen LogP contribution in [0.4, 0.5) is 18.9 Å². The van der Waals surface area contributed by atoms with Crippen LogP contribution >= 0.6 is 0 Å². The number of rotatable bonds is 5. The Hall–Kier alpha value is -4.28. The summed E-state index contributed by atoms with van der Waals surface area (Å²) in [5.74, 6) is -0.212. The van der Waals surface area contributed by atoms with Gasteiger partial charge in [0, 0.05) is 30.1 Å². The van der Waals surface area contributed by atoms with Crippen molar-refractivity contribution >= 4 is 50.5 Å². The minimum Gasteiger partial charge on any atom is -0.456 e. The number of halogens is 3. The number of alkyl halides is 3. The number of nitrogens with one attached hydrogen (secondary N) is 3. The number of benzene rings is 2. The first-order valence-electron chi connectivity index (χ1n) is 11.9. The van der Waals surface area contributed by atoms with Gasteiger partial charge in [-0.25, -0.2) is 14.5 Å². The first-order valence-corrected chi connectivity index (χ1v) is 11.9. The fraction of sp³-hybridized carbons (Fsp3) is 0.269. The molecule has 0 aliphatic heterocycles. The Morgan fingerprint density at radius 1 is 1.19 bits per heavy atom. The van der Waals surface area contributed by atoms with Crippen LogP contribution in [0, 0.1) is 6.92 Å². The molecule has 6 bridgehead atoms. The molecule has 1 aliphatic carbocycles. The summed E-state index contributed by atoms with van der Waals surface area (Å²) < 4.78 is 46.2. The summed E-state index contributed by atoms with van der Waals surface area (Å²) in [5, 5.41) is 9.77. The van der Waals surface area contributed by atoms with Crippen LogP contribution in [0.2, 0.25) is 0 Å². The van der Waals surface area contributed by atoms with Gasteiger partial charge in [0.25, 0.3) is 5.91 Å². The largest absolute Gasteiger partial charge is 0.456 e. The van der Waals surface area contributed by atoms with Gasteiger partial charge in [-0.2, -0.15) is 13.2 Å². The van der Waals surface area contributed by atoms with Crippen molar-refractivity contribution in [3.05, 3.63) is 59.8 Å². The molecule has 1 fully saturated rings. The highest BCUT2D eigenvalue weighted by molar-refractivity contribution is 6.02. The number of hydrogen-bond acceptors (Lipinski definition) is 5. The molecule has 1 saturated carbocycles. The lowest BCUT2D eigenvalue weighted by Crippen LogP contribution is -2.25. The molecule has 190 valence electrons. The lowest BCUT2D eigenvalue weighted by atomic mass is 10.1. The summed E-state index contributed by atoms with van der Waals surface area (Å²) in [4.78, 5) is 22.1. The first kappa shape index (κ1) is 23.1. The van der Waals surface area contributed by atoms with Gasteiger partial charge < -0.3 is 15.1 Å². The molecule has 8 nitrogen and oxygen atoms in total. The van der Waals surface area contributed by atoms with Crippen molar-refractivity contribution in [2.45, 2.75) is 38.4 Å². The fourth-order valence-corrected chi connectivity index (χ4v) is 4.21. The molecule has 1 amide bonds. The smallest absolute Gasteiger partial charge is 0.390 e. The number of aromatic nitrogens is 4. The van der Waals surface area contributed by atoms with Gasteiger partial charge in [0.1, 0.15) is 16.8 Å². The van der Waals surface area contributed by atoms with Crippen LogP contribution in [0.1, 0.15) is 35.2 Å². The molecule has 6 rings (SSSR count). The number of H-pyrrole nitrogens is 1. The molecule has 0 atom stereocenters. The maximum Gasteiger partial charge on any atom is 0.390 e. The average Bonchev–Trinajstić information content (AvgIpc) is 3.55. The van der Waals surface area contributed by atoms with Crippen molar-refractivity contribution in [2.24, 2.45) is 0 Å². The minimum atomic E-state index is -4.28. The zero-order valence-corrected chi connectivity index (χ0v) is 19.8. The summed E-state index contributed by atoms with van der Waals surface area (Å²) in [5.41, 5.74) is 4.63. The molecule has 0 spiro atoms. The van der Waals surface area contributed by atoms with Crippen LogP contribution in [-0.4, -0.2) is 44.3 Å². The fourth-order valence-electron chi connectivity index (χ4n) is 4.21. The van der Waals surface area contributed by atoms with E-state index < -0.39 is 12.6 Å². The second-order valence-corrected chi connectivity index (χ2v) is 9.27. The zero-order valence-electron chi connectivity index (χ0n) is 19.8. The molecule has 1 aliphatic rings. The number of anilines is 1. The normalized spacial score (nSPS) is 13.9. The molecule has 0 radical (unpaired) electrons. The quantitative estimate of drug-likeness (QED) is 0.279. The number of aryl methyl sites for hydroxylation is 1. The number of imidazole rings is 1. The van der Waals surface area contributed by atoms with Crippen LogP contribution in [0.5, 0.6) is 0 Å². The second kappa shape index (κ2) is 8.68. The molecule has 2 aromatic carbocycles. The molecular formula is C26H23F3N6O2. The van der Waals surface area contributed by atoms with Gasteiger partial charge in [0.15, 0.2) is 5.65 Å². The third-order valence-electron chi connectivity index (χ3n) is 6.32. The van der Waals surface area contributed by atoms with Gasteiger partial charge in [-0.1, -0.05) is 12.1 Å². The Kier molecular flexibility index (Phi) is 5.43. The zero-order chi connectivity index (χ0) is 25.7. The van der Waals surface area contributed by atoms with E-state index in [1.807, 2.05) is 13.0 Å². The predicted molar refractivity (Wildman–Crippen MR) is 134 cm³/mol. The number of amides is 1. The first-order chi connectivity index (χ1) is 17.7. The third kappa shape index (κ3) is 4.76. The van der Waals surface area contributed by atoms with E-state index in [1.165, 1.54) is 0 Å². The van der Waals surface area contributed by atoms with Crippen molar-refractivity contribution in [1.29, 1.82) is 0 Å². The van der Waals surface area contributed by atoms with Gasteiger partial charge in [-0.3, -0.25) is 9.89 Å². The summed E-state index contributed by atoms with van der Waals surface area (Å²) in [7, 11) is 0. The number of nitrogens with zero attached hydrogens (tertiary/aromatic N) is 3. The molecule has 3 N–H and O–H groups in total. The van der Waals surface area contributed by atoms with Gasteiger partial charge in [0.05, 0.1) is 34.9 Å². The van der Waals surface area contributed by atoms with Crippen molar-refractivity contribution in [1.82, 2.24) is 24.9 Å². The Bertz CT molecular complexity index is 1730. The van der Waals surface area contributed by atoms with E-state index in [9.17, 15) is 18.0 Å². The summed E-state index contributed by atoms with van der Waals surface area (Å²) in [6.07, 6.45) is -1.73. The maximum absolute atomic E-state index is 12.9. The summed E-state index contributed by atoms with van der Waals surface area (Å²) in [6.45, 7) is 1.59. The Morgan fingerprint density at radius 3 is 2.81 bits per heavy atom. The highest BCUT2D eigenvalue weighted by Crippen LogP contribution is 2.26. The monoisotopic (exact) mass is 508 g/mol. The summed E-state index contributed by atoms with van der Waals surface area (Å²) >= 11 is 0. The van der Waals surface area contributed by atoms with Crippen LogP contribution in [-0.2, 0) is 0 Å². The molecule has 37 heavy (non-hydrogen) atoms. The SMILES string of the molecule is Cc1ccc2cc1nc1cc(NCCC(F)(F)F)c3ncc(c4ccc(C(=O)NC5CC5)c(c4)o2)n3[nH]1. The Balaban J connectivity index is 1.62. The van der Waals surface area contributed by atoms with E-state index in [2.05, 4.69) is 20.7 Å². The standard InChI is InChI=1S/C26H23F3N6O2/c1-14-2-6-17-11-19(14)33-23-12-20(30-9-8-26(27,28)29)24-31-13-21(35(24)34-23)15-3-7-18(22(10-15)37-17)25(36)32-16-4-5-16/h2-3,6-7,10-13,16,30H,4-5,8-9H2,1H3,(H,32,36)(H,33,34). The lowest BCUT2D eigenvalue weighted by Gasteiger charge is -2.11. The van der Waals surface area contributed by atoms with Crippen molar-refractivity contribution < 1.29 is 22.4 Å². The second-order valence-electron chi connectivity index (χ2n) is 9.27. The number of carbonyl (C=O) groups is 1. The van der Waals surface area contributed by atoms with E-state index in [1.54, 1.807) is 47.1 Å². The van der Waals surface area contributed by atoms with Crippen LogP contribution in [0.15, 0.2) is 53.1 Å². The highest BCUT2D eigenvalue weighted by Gasteiger charge is 2.26. The molecule has 5 aromatic rings. The van der Waals surface area contributed by atoms with E-state index in [-0.39, 0.29) is 18.5 Å². The van der Waals surface area contributed by atoms with Gasteiger partial charge in [0.2, 0.25) is 0 Å². The van der Waals surface area contributed by atoms with Crippen molar-refractivity contribution in [2.75, 3.05) is 11.9 Å². The third-order valence-corrected chi connectivity index (χ3v) is 6.32. The Morgan fingerprint density at radius 2 is 2.03 bits per heavy atom. The minimum absolute atomic E-state index is 0.186. The molecular weight excluding hydrogens is 485 g/mol. The lowest BCUT2D eigenvalue weighted by molar-refractivity contribution is -0.131. The van der Waals surface area contributed by atoms with Crippen LogP contribution < -0.4 is 10.6 Å². The van der Waals surface area contributed by atoms with Crippen LogP contribution in [0.3, 0.4) is 0 Å². The van der Waals surface area contributed by atoms with E-state index in [0.717, 1.165) is 18.4 Å². The van der Waals surface area contributed by atoms with E-state index in [4.69, 9.17) is 9.40 Å². The number of aromatic amines is 1. The number of hydrogen-bond donors (Lipinski definition) is 3. The molecule has 0 saturated heterocycles. The molecule has 0 unspecified atom stereocenters. The average molecular weight is 509 g/mol. The highest BCUT2D eigenvalue weighted by atomic mass is 19.4. The van der Waals surface area contributed by atoms with Crippen molar-refractivity contribution in [3.8, 4) is 0 Å². The molecule has 11 heteroatoms. The maximum atomic E-state index is 12.9. The predicted octanol–water partition coefficient (Wildman–Crippen LogP) is 5.80. The molecule has 3 aromatic heterocycles. The van der Waals surface area contributed by atoms with Crippen LogP contribution in [0.25, 0.3) is 38.9 Å². The number of carbonyl (C=O) groups excluding carboxylic acids is 1. The van der Waals surface area contributed by atoms with Crippen molar-refractivity contribution in [3.63, 3.8) is 0 Å². The van der Waals surface area contributed by atoms with Gasteiger partial charge >= 0.3 is 6.18 Å². The summed E-state index contributed by atoms with van der Waals surface area (Å²) in [6, 6.07) is 12.5. The number of fused-ring (bicyclic) bond motifs is 6.